The first-order chi connectivity index (χ1) is 17.2. The number of hydrogen-bond acceptors (Lipinski definition) is 5. The Balaban J connectivity index is 1.70. The van der Waals surface area contributed by atoms with Crippen LogP contribution in [0.3, 0.4) is 0 Å². The van der Waals surface area contributed by atoms with Gasteiger partial charge in [0.05, 0.1) is 23.2 Å². The van der Waals surface area contributed by atoms with Gasteiger partial charge in [-0.1, -0.05) is 35.9 Å². The molecule has 36 heavy (non-hydrogen) atoms. The summed E-state index contributed by atoms with van der Waals surface area (Å²) in [5, 5.41) is 3.28. The number of aromatic nitrogens is 1. The largest absolute Gasteiger partial charge is 0.370 e. The molecule has 10 heteroatoms. The number of anilines is 2. The first-order valence-corrected chi connectivity index (χ1v) is 13.4. The van der Waals surface area contributed by atoms with E-state index in [1.807, 2.05) is 6.07 Å². The van der Waals surface area contributed by atoms with Gasteiger partial charge in [-0.3, -0.25) is 9.78 Å². The van der Waals surface area contributed by atoms with Crippen LogP contribution in [0.4, 0.5) is 11.4 Å². The van der Waals surface area contributed by atoms with Crippen molar-refractivity contribution in [3.63, 3.8) is 0 Å². The Kier molecular flexibility index (Phi) is 7.91. The number of rotatable bonds is 8. The van der Waals surface area contributed by atoms with Gasteiger partial charge in [0, 0.05) is 55.2 Å². The van der Waals surface area contributed by atoms with Crippen LogP contribution in [0.5, 0.6) is 0 Å². The van der Waals surface area contributed by atoms with E-state index < -0.39 is 10.0 Å². The molecule has 0 aliphatic carbocycles. The monoisotopic (exact) mass is 525 g/mol. The standard InChI is InChI=1S/C26H28ClN5O3S/c1-31(2)18-29-36(34,35)25-15-21(30-26(33)14-19-7-3-4-8-24(19)27)9-10-23(25)20-13-22(17-28-16-20)32-11-5-6-12-32/h3-4,7-10,13,15-18H,5-6,11-12,14H2,1-2H3,(H,30,33)/b29-18+. The lowest BCUT2D eigenvalue weighted by atomic mass is 10.1. The predicted molar refractivity (Wildman–Crippen MR) is 144 cm³/mol. The highest BCUT2D eigenvalue weighted by atomic mass is 35.5. The summed E-state index contributed by atoms with van der Waals surface area (Å²) >= 11 is 6.18. The lowest BCUT2D eigenvalue weighted by Crippen LogP contribution is -2.17. The molecule has 1 aliphatic heterocycles. The van der Waals surface area contributed by atoms with Crippen molar-refractivity contribution in [3.05, 3.63) is 71.5 Å². The maximum absolute atomic E-state index is 13.3. The Morgan fingerprint density at radius 2 is 1.89 bits per heavy atom. The SMILES string of the molecule is CN(C)/C=N/S(=O)(=O)c1cc(NC(=O)Cc2ccccc2Cl)ccc1-c1cncc(N2CCCC2)c1. The number of nitrogens with one attached hydrogen (secondary N) is 1. The van der Waals surface area contributed by atoms with Crippen LogP contribution in [0.15, 0.2) is 70.2 Å². The molecule has 0 radical (unpaired) electrons. The van der Waals surface area contributed by atoms with E-state index in [2.05, 4.69) is 19.6 Å². The molecule has 1 saturated heterocycles. The highest BCUT2D eigenvalue weighted by Gasteiger charge is 2.22. The zero-order chi connectivity index (χ0) is 25.7. The van der Waals surface area contributed by atoms with Crippen LogP contribution in [-0.4, -0.2) is 57.7 Å². The first-order valence-electron chi connectivity index (χ1n) is 11.6. The van der Waals surface area contributed by atoms with Crippen molar-refractivity contribution < 1.29 is 13.2 Å². The second-order valence-corrected chi connectivity index (χ2v) is 10.8. The molecule has 2 aromatic carbocycles. The minimum atomic E-state index is -4.08. The van der Waals surface area contributed by atoms with Crippen molar-refractivity contribution in [2.45, 2.75) is 24.2 Å². The second-order valence-electron chi connectivity index (χ2n) is 8.81. The summed E-state index contributed by atoms with van der Waals surface area (Å²) in [4.78, 5) is 20.8. The Labute approximate surface area is 216 Å². The number of halogens is 1. The van der Waals surface area contributed by atoms with E-state index in [-0.39, 0.29) is 17.2 Å². The third-order valence-corrected chi connectivity index (χ3v) is 7.41. The summed E-state index contributed by atoms with van der Waals surface area (Å²) in [5.41, 5.74) is 3.09. The molecule has 0 atom stereocenters. The van der Waals surface area contributed by atoms with Crippen molar-refractivity contribution >= 4 is 45.2 Å². The van der Waals surface area contributed by atoms with Gasteiger partial charge in [0.25, 0.3) is 10.0 Å². The summed E-state index contributed by atoms with van der Waals surface area (Å²) < 4.78 is 30.3. The van der Waals surface area contributed by atoms with Crippen molar-refractivity contribution in [2.75, 3.05) is 37.4 Å². The van der Waals surface area contributed by atoms with Crippen LogP contribution < -0.4 is 10.2 Å². The topological polar surface area (TPSA) is 95.0 Å². The molecule has 1 aromatic heterocycles. The fraction of sp³-hybridized carbons (Fsp3) is 0.269. The molecule has 0 unspecified atom stereocenters. The van der Waals surface area contributed by atoms with E-state index in [1.165, 1.54) is 12.4 Å². The van der Waals surface area contributed by atoms with Gasteiger partial charge in [-0.25, -0.2) is 0 Å². The lowest BCUT2D eigenvalue weighted by Gasteiger charge is -2.18. The Bertz CT molecular complexity index is 1390. The molecular formula is C26H28ClN5O3S. The van der Waals surface area contributed by atoms with Crippen molar-refractivity contribution in [3.8, 4) is 11.1 Å². The quantitative estimate of drug-likeness (QED) is 0.344. The van der Waals surface area contributed by atoms with E-state index in [4.69, 9.17) is 11.6 Å². The molecule has 1 N–H and O–H groups in total. The number of carbonyl (C=O) groups excluding carboxylic acids is 1. The Morgan fingerprint density at radius 3 is 2.61 bits per heavy atom. The van der Waals surface area contributed by atoms with Crippen LogP contribution in [0.2, 0.25) is 5.02 Å². The number of hydrogen-bond donors (Lipinski definition) is 1. The molecular weight excluding hydrogens is 498 g/mol. The number of benzene rings is 2. The van der Waals surface area contributed by atoms with Crippen molar-refractivity contribution in [1.29, 1.82) is 0 Å². The Hall–Kier alpha value is -3.43. The van der Waals surface area contributed by atoms with Gasteiger partial charge in [0.15, 0.2) is 0 Å². The normalized spacial score (nSPS) is 13.8. The van der Waals surface area contributed by atoms with Crippen LogP contribution >= 0.6 is 11.6 Å². The maximum Gasteiger partial charge on any atom is 0.284 e. The zero-order valence-electron chi connectivity index (χ0n) is 20.2. The van der Waals surface area contributed by atoms with Crippen LogP contribution in [0, 0.1) is 0 Å². The van der Waals surface area contributed by atoms with Crippen molar-refractivity contribution in [1.82, 2.24) is 9.88 Å². The molecule has 0 saturated carbocycles. The molecule has 2 heterocycles. The van der Waals surface area contributed by atoms with Gasteiger partial charge in [-0.2, -0.15) is 8.42 Å². The van der Waals surface area contributed by atoms with Gasteiger partial charge < -0.3 is 15.1 Å². The molecule has 188 valence electrons. The number of carbonyl (C=O) groups is 1. The maximum atomic E-state index is 13.3. The molecule has 1 fully saturated rings. The average Bonchev–Trinajstić information content (AvgIpc) is 3.40. The highest BCUT2D eigenvalue weighted by Crippen LogP contribution is 2.33. The molecule has 8 nitrogen and oxygen atoms in total. The third-order valence-electron chi connectivity index (χ3n) is 5.78. The average molecular weight is 526 g/mol. The summed E-state index contributed by atoms with van der Waals surface area (Å²) in [5.74, 6) is -0.311. The summed E-state index contributed by atoms with van der Waals surface area (Å²) in [6.45, 7) is 1.89. The van der Waals surface area contributed by atoms with E-state index in [0.29, 0.717) is 27.4 Å². The minimum Gasteiger partial charge on any atom is -0.370 e. The molecule has 3 aromatic rings. The van der Waals surface area contributed by atoms with Crippen LogP contribution in [0.25, 0.3) is 11.1 Å². The fourth-order valence-electron chi connectivity index (χ4n) is 4.01. The molecule has 0 spiro atoms. The summed E-state index contributed by atoms with van der Waals surface area (Å²) in [6.07, 6.45) is 6.96. The predicted octanol–water partition coefficient (Wildman–Crippen LogP) is 4.46. The smallest absolute Gasteiger partial charge is 0.284 e. The lowest BCUT2D eigenvalue weighted by molar-refractivity contribution is -0.115. The molecule has 1 aliphatic rings. The molecule has 0 bridgehead atoms. The van der Waals surface area contributed by atoms with E-state index in [1.54, 1.807) is 67.8 Å². The van der Waals surface area contributed by atoms with Gasteiger partial charge in [0.2, 0.25) is 5.91 Å². The van der Waals surface area contributed by atoms with E-state index in [9.17, 15) is 13.2 Å². The molecule has 4 rings (SSSR count). The number of sulfonamides is 1. The highest BCUT2D eigenvalue weighted by molar-refractivity contribution is 7.90. The zero-order valence-corrected chi connectivity index (χ0v) is 21.8. The van der Waals surface area contributed by atoms with Gasteiger partial charge in [0.1, 0.15) is 6.34 Å². The van der Waals surface area contributed by atoms with Gasteiger partial charge in [-0.05, 0) is 42.7 Å². The summed E-state index contributed by atoms with van der Waals surface area (Å²) in [6, 6.07) is 13.8. The number of amides is 1. The van der Waals surface area contributed by atoms with E-state index >= 15 is 0 Å². The van der Waals surface area contributed by atoms with Crippen molar-refractivity contribution in [2.24, 2.45) is 4.40 Å². The first kappa shape index (κ1) is 25.7. The number of nitrogens with zero attached hydrogens (tertiary/aromatic N) is 4. The van der Waals surface area contributed by atoms with Crippen LogP contribution in [0.1, 0.15) is 18.4 Å². The Morgan fingerprint density at radius 1 is 1.14 bits per heavy atom. The summed E-state index contributed by atoms with van der Waals surface area (Å²) in [7, 11) is -0.698. The third kappa shape index (κ3) is 6.22. The van der Waals surface area contributed by atoms with Crippen LogP contribution in [-0.2, 0) is 21.2 Å². The van der Waals surface area contributed by atoms with E-state index in [0.717, 1.165) is 31.6 Å². The van der Waals surface area contributed by atoms with Gasteiger partial charge >= 0.3 is 0 Å². The fourth-order valence-corrected chi connectivity index (χ4v) is 5.38. The van der Waals surface area contributed by atoms with Gasteiger partial charge in [-0.15, -0.1) is 4.40 Å². The second kappa shape index (κ2) is 11.1. The number of pyridine rings is 1. The minimum absolute atomic E-state index is 0.0171. The molecule has 1 amide bonds.